The second-order valence-electron chi connectivity index (χ2n) is 6.47. The van der Waals surface area contributed by atoms with Crippen LogP contribution in [0.2, 0.25) is 0 Å². The quantitative estimate of drug-likeness (QED) is 0.308. The van der Waals surface area contributed by atoms with Gasteiger partial charge in [0.05, 0.1) is 26.8 Å². The highest BCUT2D eigenvalue weighted by molar-refractivity contribution is 14.0. The lowest BCUT2D eigenvalue weighted by Crippen LogP contribution is -2.44. The number of hydrogen-bond acceptors (Lipinski definition) is 4. The molecule has 0 aliphatic carbocycles. The Balaban J connectivity index is 0.00000392. The van der Waals surface area contributed by atoms with Crippen molar-refractivity contribution in [2.75, 3.05) is 39.9 Å². The van der Waals surface area contributed by atoms with Gasteiger partial charge in [0, 0.05) is 19.6 Å². The average molecular weight is 504 g/mol. The van der Waals surface area contributed by atoms with Crippen molar-refractivity contribution in [3.05, 3.63) is 23.8 Å². The van der Waals surface area contributed by atoms with E-state index in [1.165, 1.54) is 0 Å². The lowest BCUT2D eigenvalue weighted by Gasteiger charge is -2.17. The normalized spacial score (nSPS) is 13.7. The summed E-state index contributed by atoms with van der Waals surface area (Å²) in [5, 5.41) is 6.31. The molecule has 0 unspecified atom stereocenters. The van der Waals surface area contributed by atoms with Crippen molar-refractivity contribution in [3.8, 4) is 11.5 Å². The van der Waals surface area contributed by atoms with Gasteiger partial charge in [-0.3, -0.25) is 4.79 Å². The monoisotopic (exact) mass is 504 g/mol. The molecular weight excluding hydrogens is 471 g/mol. The first-order valence-corrected chi connectivity index (χ1v) is 9.77. The molecule has 2 rings (SSSR count). The van der Waals surface area contributed by atoms with Crippen molar-refractivity contribution in [2.24, 2.45) is 4.99 Å². The SMILES string of the molecule is CCCOc1ccc(CN=C(NCC)NCC(=O)N2CCCC2)cc1OC.I. The van der Waals surface area contributed by atoms with Crippen LogP contribution >= 0.6 is 24.0 Å². The molecular formula is C20H33IN4O3. The van der Waals surface area contributed by atoms with Gasteiger partial charge in [-0.15, -0.1) is 24.0 Å². The minimum atomic E-state index is 0. The molecule has 1 aliphatic heterocycles. The highest BCUT2D eigenvalue weighted by Gasteiger charge is 2.17. The van der Waals surface area contributed by atoms with E-state index < -0.39 is 0 Å². The number of carbonyl (C=O) groups is 1. The summed E-state index contributed by atoms with van der Waals surface area (Å²) in [7, 11) is 1.64. The van der Waals surface area contributed by atoms with E-state index in [4.69, 9.17) is 9.47 Å². The van der Waals surface area contributed by atoms with Crippen LogP contribution in [0, 0.1) is 0 Å². The Bertz CT molecular complexity index is 634. The van der Waals surface area contributed by atoms with Crippen LogP contribution in [0.5, 0.6) is 11.5 Å². The van der Waals surface area contributed by atoms with Crippen LogP contribution in [0.1, 0.15) is 38.7 Å². The number of benzene rings is 1. The Morgan fingerprint density at radius 2 is 1.93 bits per heavy atom. The fraction of sp³-hybridized carbons (Fsp3) is 0.600. The standard InChI is InChI=1S/C20H32N4O3.HI/c1-4-12-27-17-9-8-16(13-18(17)26-3)14-22-20(21-5-2)23-15-19(25)24-10-6-7-11-24;/h8-9,13H,4-7,10-12,14-15H2,1-3H3,(H2,21,22,23);1H. The van der Waals surface area contributed by atoms with Crippen LogP contribution < -0.4 is 20.1 Å². The molecule has 28 heavy (non-hydrogen) atoms. The van der Waals surface area contributed by atoms with Crippen molar-refractivity contribution < 1.29 is 14.3 Å². The molecule has 1 aromatic carbocycles. The lowest BCUT2D eigenvalue weighted by atomic mass is 10.2. The summed E-state index contributed by atoms with van der Waals surface area (Å²) >= 11 is 0. The van der Waals surface area contributed by atoms with E-state index in [0.717, 1.165) is 50.2 Å². The Labute approximate surface area is 185 Å². The number of methoxy groups -OCH3 is 1. The number of nitrogens with one attached hydrogen (secondary N) is 2. The molecule has 0 atom stereocenters. The molecule has 0 spiro atoms. The Kier molecular flexibility index (Phi) is 11.7. The summed E-state index contributed by atoms with van der Waals surface area (Å²) in [5.41, 5.74) is 1.01. The molecule has 0 saturated carbocycles. The highest BCUT2D eigenvalue weighted by Crippen LogP contribution is 2.28. The zero-order valence-corrected chi connectivity index (χ0v) is 19.5. The maximum Gasteiger partial charge on any atom is 0.241 e. The maximum atomic E-state index is 12.2. The molecule has 1 aromatic rings. The van der Waals surface area contributed by atoms with Crippen molar-refractivity contribution in [2.45, 2.75) is 39.7 Å². The minimum Gasteiger partial charge on any atom is -0.493 e. The fourth-order valence-corrected chi connectivity index (χ4v) is 2.89. The molecule has 0 radical (unpaired) electrons. The van der Waals surface area contributed by atoms with E-state index in [1.807, 2.05) is 30.0 Å². The molecule has 1 aliphatic rings. The van der Waals surface area contributed by atoms with Crippen molar-refractivity contribution in [1.82, 2.24) is 15.5 Å². The van der Waals surface area contributed by atoms with Gasteiger partial charge in [-0.05, 0) is 43.9 Å². The van der Waals surface area contributed by atoms with E-state index in [-0.39, 0.29) is 36.4 Å². The molecule has 0 bridgehead atoms. The molecule has 1 saturated heterocycles. The summed E-state index contributed by atoms with van der Waals surface area (Å²) in [4.78, 5) is 18.7. The second-order valence-corrected chi connectivity index (χ2v) is 6.47. The number of likely N-dealkylation sites (tertiary alicyclic amines) is 1. The van der Waals surface area contributed by atoms with E-state index in [2.05, 4.69) is 22.5 Å². The summed E-state index contributed by atoms with van der Waals surface area (Å²) < 4.78 is 11.1. The molecule has 7 nitrogen and oxygen atoms in total. The molecule has 158 valence electrons. The molecule has 1 heterocycles. The van der Waals surface area contributed by atoms with E-state index in [0.29, 0.717) is 24.9 Å². The number of rotatable bonds is 9. The third-order valence-electron chi connectivity index (χ3n) is 4.32. The third kappa shape index (κ3) is 7.73. The van der Waals surface area contributed by atoms with Gasteiger partial charge in [0.25, 0.3) is 0 Å². The number of amides is 1. The number of halogens is 1. The number of carbonyl (C=O) groups excluding carboxylic acids is 1. The molecule has 1 amide bonds. The number of hydrogen-bond donors (Lipinski definition) is 2. The average Bonchev–Trinajstić information content (AvgIpc) is 3.23. The first kappa shape index (κ1) is 24.3. The number of guanidine groups is 1. The van der Waals surface area contributed by atoms with Gasteiger partial charge in [0.2, 0.25) is 5.91 Å². The molecule has 8 heteroatoms. The summed E-state index contributed by atoms with van der Waals surface area (Å²) in [6.07, 6.45) is 3.14. The van der Waals surface area contributed by atoms with Crippen LogP contribution in [-0.2, 0) is 11.3 Å². The third-order valence-corrected chi connectivity index (χ3v) is 4.32. The Morgan fingerprint density at radius 3 is 2.57 bits per heavy atom. The largest absolute Gasteiger partial charge is 0.493 e. The van der Waals surface area contributed by atoms with Crippen LogP contribution in [0.4, 0.5) is 0 Å². The van der Waals surface area contributed by atoms with Crippen molar-refractivity contribution in [3.63, 3.8) is 0 Å². The van der Waals surface area contributed by atoms with Gasteiger partial charge in [-0.1, -0.05) is 13.0 Å². The smallest absolute Gasteiger partial charge is 0.241 e. The highest BCUT2D eigenvalue weighted by atomic mass is 127. The predicted molar refractivity (Wildman–Crippen MR) is 123 cm³/mol. The van der Waals surface area contributed by atoms with Crippen LogP contribution in [0.3, 0.4) is 0 Å². The molecule has 2 N–H and O–H groups in total. The van der Waals surface area contributed by atoms with Gasteiger partial charge < -0.3 is 25.0 Å². The zero-order chi connectivity index (χ0) is 19.5. The van der Waals surface area contributed by atoms with Gasteiger partial charge in [-0.25, -0.2) is 4.99 Å². The Hall–Kier alpha value is -1.71. The van der Waals surface area contributed by atoms with Gasteiger partial charge in [-0.2, -0.15) is 0 Å². The van der Waals surface area contributed by atoms with Crippen LogP contribution in [-0.4, -0.2) is 56.7 Å². The predicted octanol–water partition coefficient (Wildman–Crippen LogP) is 2.78. The number of nitrogens with zero attached hydrogens (tertiary/aromatic N) is 2. The number of aliphatic imine (C=N–C) groups is 1. The fourth-order valence-electron chi connectivity index (χ4n) is 2.89. The van der Waals surface area contributed by atoms with E-state index >= 15 is 0 Å². The van der Waals surface area contributed by atoms with Gasteiger partial charge >= 0.3 is 0 Å². The summed E-state index contributed by atoms with van der Waals surface area (Å²) in [6, 6.07) is 5.83. The van der Waals surface area contributed by atoms with Crippen molar-refractivity contribution in [1.29, 1.82) is 0 Å². The summed E-state index contributed by atoms with van der Waals surface area (Å²) in [5.74, 6) is 2.21. The zero-order valence-electron chi connectivity index (χ0n) is 17.1. The molecule has 1 fully saturated rings. The Morgan fingerprint density at radius 1 is 1.18 bits per heavy atom. The minimum absolute atomic E-state index is 0. The number of ether oxygens (including phenoxy) is 2. The van der Waals surface area contributed by atoms with Crippen molar-refractivity contribution >= 4 is 35.8 Å². The summed E-state index contributed by atoms with van der Waals surface area (Å²) in [6.45, 7) is 7.93. The topological polar surface area (TPSA) is 75.2 Å². The van der Waals surface area contributed by atoms with Gasteiger partial charge in [0.15, 0.2) is 17.5 Å². The van der Waals surface area contributed by atoms with E-state index in [1.54, 1.807) is 7.11 Å². The van der Waals surface area contributed by atoms with Crippen LogP contribution in [0.25, 0.3) is 0 Å². The second kappa shape index (κ2) is 13.5. The van der Waals surface area contributed by atoms with E-state index in [9.17, 15) is 4.79 Å². The first-order chi connectivity index (χ1) is 13.2. The van der Waals surface area contributed by atoms with Crippen LogP contribution in [0.15, 0.2) is 23.2 Å². The lowest BCUT2D eigenvalue weighted by molar-refractivity contribution is -0.128. The van der Waals surface area contributed by atoms with Gasteiger partial charge in [0.1, 0.15) is 0 Å². The molecule has 0 aromatic heterocycles. The first-order valence-electron chi connectivity index (χ1n) is 9.77. The maximum absolute atomic E-state index is 12.2.